The second-order valence-electron chi connectivity index (χ2n) is 18.8. The average Bonchev–Trinajstić information content (AvgIpc) is 4.13. The van der Waals surface area contributed by atoms with E-state index >= 15 is 9.18 Å². The Morgan fingerprint density at radius 1 is 1.09 bits per heavy atom. The summed E-state index contributed by atoms with van der Waals surface area (Å²) in [6, 6.07) is -0.164. The molecule has 0 bridgehead atoms. The third-order valence-electron chi connectivity index (χ3n) is 13.6. The van der Waals surface area contributed by atoms with E-state index in [9.17, 15) is 36.0 Å². The zero-order valence-electron chi connectivity index (χ0n) is 37.4. The number of nitrogens with zero attached hydrogens (tertiary/aromatic N) is 3. The van der Waals surface area contributed by atoms with Gasteiger partial charge in [-0.3, -0.25) is 19.1 Å². The number of hydrogen-bond donors (Lipinski definition) is 3. The highest BCUT2D eigenvalue weighted by atomic mass is 32.2. The standard InChI is InChI=1S/C44H58F4N6O10S/c1-7-26-18-25(2)10-8-9-11-27-22-43(27,39(57)52-65(59,60)42(5)12-13-42)51-36(55)32-19-28(24-54(32)38(56)35(26)50-40(58)64-41(3,4)44(46,47)48)63-37-30-20-31(45)34(61-6)21-29(30)33(23-49-37)53-14-16-62-17-15-53/h9,11,20-21,23,25-28,32,35H,7-8,10,12-19,22,24H2,1-6H3,(H,50,58)(H,51,55)(H,52,57)/b11-9-/t25-,26+,27-,28+,32-,35-,43+/m0/s1. The lowest BCUT2D eigenvalue weighted by molar-refractivity contribution is -0.244. The highest BCUT2D eigenvalue weighted by molar-refractivity contribution is 7.91. The summed E-state index contributed by atoms with van der Waals surface area (Å²) in [5, 5.41) is 6.01. The number of sulfonamides is 1. The molecular weight excluding hydrogens is 881 g/mol. The molecule has 16 nitrogen and oxygen atoms in total. The number of nitrogens with one attached hydrogen (secondary N) is 3. The van der Waals surface area contributed by atoms with Gasteiger partial charge in [-0.05, 0) is 83.3 Å². The smallest absolute Gasteiger partial charge is 0.427 e. The number of anilines is 1. The zero-order chi connectivity index (χ0) is 47.3. The molecular formula is C44H58F4N6O10S. The molecule has 2 aromatic rings. The fourth-order valence-corrected chi connectivity index (χ4v) is 10.2. The van der Waals surface area contributed by atoms with Crippen LogP contribution in [0.2, 0.25) is 0 Å². The summed E-state index contributed by atoms with van der Waals surface area (Å²) < 4.78 is 107. The number of aromatic nitrogens is 1. The predicted octanol–water partition coefficient (Wildman–Crippen LogP) is 5.28. The maximum Gasteiger partial charge on any atom is 0.427 e. The van der Waals surface area contributed by atoms with Gasteiger partial charge in [-0.2, -0.15) is 13.2 Å². The third-order valence-corrected chi connectivity index (χ3v) is 15.8. The first-order chi connectivity index (χ1) is 30.5. The van der Waals surface area contributed by atoms with E-state index in [0.29, 0.717) is 89.7 Å². The fraction of sp³-hybridized carbons (Fsp3) is 0.659. The number of allylic oxidation sites excluding steroid dienone is 1. The van der Waals surface area contributed by atoms with Crippen LogP contribution in [0.15, 0.2) is 30.5 Å². The Bertz CT molecular complexity index is 2320. The Kier molecular flexibility index (Phi) is 13.3. The van der Waals surface area contributed by atoms with Crippen LogP contribution in [-0.4, -0.2) is 122 Å². The molecule has 65 heavy (non-hydrogen) atoms. The summed E-state index contributed by atoms with van der Waals surface area (Å²) >= 11 is 0. The Labute approximate surface area is 375 Å². The van der Waals surface area contributed by atoms with E-state index in [-0.39, 0.29) is 42.3 Å². The van der Waals surface area contributed by atoms with Crippen LogP contribution in [0.3, 0.4) is 0 Å². The highest BCUT2D eigenvalue weighted by Crippen LogP contribution is 2.48. The van der Waals surface area contributed by atoms with Gasteiger partial charge in [0, 0.05) is 36.2 Å². The lowest BCUT2D eigenvalue weighted by Gasteiger charge is -2.35. The van der Waals surface area contributed by atoms with E-state index in [1.54, 1.807) is 19.2 Å². The van der Waals surface area contributed by atoms with E-state index in [1.165, 1.54) is 26.2 Å². The minimum Gasteiger partial charge on any atom is -0.494 e. The molecule has 0 radical (unpaired) electrons. The number of hydrogen-bond acceptors (Lipinski definition) is 12. The van der Waals surface area contributed by atoms with Crippen molar-refractivity contribution in [1.29, 1.82) is 0 Å². The van der Waals surface area contributed by atoms with Crippen molar-refractivity contribution in [2.24, 2.45) is 17.8 Å². The molecule has 21 heteroatoms. The van der Waals surface area contributed by atoms with Crippen molar-refractivity contribution >= 4 is 50.3 Å². The minimum atomic E-state index is -4.95. The number of fused-ring (bicyclic) bond motifs is 3. The van der Waals surface area contributed by atoms with Crippen LogP contribution >= 0.6 is 0 Å². The minimum absolute atomic E-state index is 0.0288. The van der Waals surface area contributed by atoms with E-state index in [0.717, 1.165) is 4.90 Å². The van der Waals surface area contributed by atoms with Crippen molar-refractivity contribution in [3.05, 3.63) is 36.3 Å². The molecule has 1 aromatic heterocycles. The van der Waals surface area contributed by atoms with E-state index in [4.69, 9.17) is 18.9 Å². The molecule has 0 unspecified atom stereocenters. The molecule has 3 aliphatic heterocycles. The van der Waals surface area contributed by atoms with Gasteiger partial charge < -0.3 is 39.4 Å². The van der Waals surface area contributed by atoms with Gasteiger partial charge in [0.1, 0.15) is 23.7 Å². The normalized spacial score (nSPS) is 29.0. The number of alkyl halides is 3. The van der Waals surface area contributed by atoms with Crippen molar-refractivity contribution in [3.63, 3.8) is 0 Å². The fourth-order valence-electron chi connectivity index (χ4n) is 8.93. The largest absolute Gasteiger partial charge is 0.494 e. The molecule has 358 valence electrons. The second kappa shape index (κ2) is 18.0. The average molecular weight is 939 g/mol. The van der Waals surface area contributed by atoms with Crippen LogP contribution in [0.25, 0.3) is 10.8 Å². The Morgan fingerprint density at radius 2 is 1.80 bits per heavy atom. The lowest BCUT2D eigenvalue weighted by atomic mass is 9.85. The first kappa shape index (κ1) is 48.0. The number of alkyl carbamates (subject to hydrolysis) is 1. The van der Waals surface area contributed by atoms with Gasteiger partial charge in [0.05, 0.1) is 43.5 Å². The first-order valence-corrected chi connectivity index (χ1v) is 23.6. The number of methoxy groups -OCH3 is 1. The quantitative estimate of drug-likeness (QED) is 0.207. The monoisotopic (exact) mass is 938 g/mol. The number of rotatable bonds is 10. The number of carbonyl (C=O) groups excluding carboxylic acids is 4. The summed E-state index contributed by atoms with van der Waals surface area (Å²) in [6.07, 6.45) is 0.0182. The molecule has 2 saturated carbocycles. The number of halogens is 4. The van der Waals surface area contributed by atoms with Gasteiger partial charge in [-0.15, -0.1) is 0 Å². The van der Waals surface area contributed by atoms with Crippen LogP contribution in [0, 0.1) is 23.6 Å². The van der Waals surface area contributed by atoms with E-state index < -0.39 is 91.7 Å². The molecule has 1 aromatic carbocycles. The molecule has 5 aliphatic rings. The number of ether oxygens (including phenoxy) is 4. The van der Waals surface area contributed by atoms with Crippen molar-refractivity contribution in [2.75, 3.05) is 44.9 Å². The summed E-state index contributed by atoms with van der Waals surface area (Å²) in [5.41, 5.74) is -3.97. The topological polar surface area (TPSA) is 195 Å². The highest BCUT2D eigenvalue weighted by Gasteiger charge is 2.63. The molecule has 2 aliphatic carbocycles. The molecule has 2 saturated heterocycles. The number of carbonyl (C=O) groups is 4. The number of benzene rings is 1. The zero-order valence-corrected chi connectivity index (χ0v) is 38.2. The lowest BCUT2D eigenvalue weighted by Crippen LogP contribution is -2.60. The van der Waals surface area contributed by atoms with Crippen LogP contribution in [0.4, 0.5) is 28.0 Å². The van der Waals surface area contributed by atoms with Crippen molar-refractivity contribution in [2.45, 2.75) is 126 Å². The van der Waals surface area contributed by atoms with Crippen LogP contribution in [0.5, 0.6) is 11.6 Å². The molecule has 4 fully saturated rings. The summed E-state index contributed by atoms with van der Waals surface area (Å²) in [5.74, 6) is -4.67. The third kappa shape index (κ3) is 9.81. The molecule has 7 rings (SSSR count). The van der Waals surface area contributed by atoms with Crippen molar-refractivity contribution < 1.29 is 64.1 Å². The Morgan fingerprint density at radius 3 is 2.45 bits per heavy atom. The predicted molar refractivity (Wildman–Crippen MR) is 229 cm³/mol. The van der Waals surface area contributed by atoms with Gasteiger partial charge in [0.15, 0.2) is 11.6 Å². The Balaban J connectivity index is 1.26. The maximum absolute atomic E-state index is 15.4. The van der Waals surface area contributed by atoms with Gasteiger partial charge in [0.25, 0.3) is 5.91 Å². The van der Waals surface area contributed by atoms with Gasteiger partial charge in [-0.25, -0.2) is 22.6 Å². The molecule has 0 spiro atoms. The summed E-state index contributed by atoms with van der Waals surface area (Å²) in [7, 11) is -2.79. The number of morpholine rings is 1. The van der Waals surface area contributed by atoms with Gasteiger partial charge in [-0.1, -0.05) is 32.4 Å². The number of amides is 4. The van der Waals surface area contributed by atoms with Gasteiger partial charge in [0.2, 0.25) is 33.3 Å². The van der Waals surface area contributed by atoms with Crippen molar-refractivity contribution in [1.82, 2.24) is 25.2 Å². The number of pyridine rings is 1. The van der Waals surface area contributed by atoms with Crippen LogP contribution in [0.1, 0.15) is 86.0 Å². The Hall–Kier alpha value is -4.92. The molecule has 4 amide bonds. The molecule has 4 heterocycles. The maximum atomic E-state index is 15.4. The van der Waals surface area contributed by atoms with Crippen LogP contribution < -0.4 is 29.7 Å². The van der Waals surface area contributed by atoms with E-state index in [1.807, 2.05) is 17.9 Å². The second-order valence-corrected chi connectivity index (χ2v) is 20.9. The molecule has 7 atom stereocenters. The molecule has 3 N–H and O–H groups in total. The van der Waals surface area contributed by atoms with Gasteiger partial charge >= 0.3 is 12.3 Å². The first-order valence-electron chi connectivity index (χ1n) is 22.1. The van der Waals surface area contributed by atoms with Crippen LogP contribution in [-0.2, 0) is 33.9 Å². The SMILES string of the molecule is CC[C@@H]1C[C@@H](C)CC/C=C\[C@H]2C[C@@]2(C(=O)NS(=O)(=O)C2(C)CC2)NC(=O)[C@@H]2C[C@@H](Oc3ncc(N4CCOCC4)c4cc(OC)c(F)cc34)CN2C(=O)[C@H]1NC(=O)OC(C)(C)C(F)(F)F. The summed E-state index contributed by atoms with van der Waals surface area (Å²) in [4.78, 5) is 65.0. The van der Waals surface area contributed by atoms with E-state index in [2.05, 4.69) is 20.3 Å². The van der Waals surface area contributed by atoms with Crippen molar-refractivity contribution in [3.8, 4) is 11.6 Å². The summed E-state index contributed by atoms with van der Waals surface area (Å²) in [6.45, 7) is 8.25.